The maximum absolute atomic E-state index is 12.9. The van der Waals surface area contributed by atoms with Crippen molar-refractivity contribution in [3.05, 3.63) is 54.1 Å². The Hall–Kier alpha value is -2.30. The summed E-state index contributed by atoms with van der Waals surface area (Å²) in [4.78, 5) is 1.96. The molecule has 0 radical (unpaired) electrons. The molecular formula is C14H13F2N3. The average molecular weight is 261 g/mol. The van der Waals surface area contributed by atoms with Crippen LogP contribution in [0.4, 0.5) is 25.8 Å². The molecular weight excluding hydrogens is 248 g/mol. The van der Waals surface area contributed by atoms with Gasteiger partial charge in [-0.05, 0) is 24.3 Å². The third kappa shape index (κ3) is 3.58. The van der Waals surface area contributed by atoms with Crippen molar-refractivity contribution in [1.82, 2.24) is 0 Å². The summed E-state index contributed by atoms with van der Waals surface area (Å²) in [6.07, 6.45) is 0. The highest BCUT2D eigenvalue weighted by Crippen LogP contribution is 2.22. The fourth-order valence-electron chi connectivity index (χ4n) is 1.53. The van der Waals surface area contributed by atoms with E-state index in [9.17, 15) is 8.78 Å². The highest BCUT2D eigenvalue weighted by Gasteiger charge is 1.99. The van der Waals surface area contributed by atoms with E-state index in [1.807, 2.05) is 31.1 Å². The van der Waals surface area contributed by atoms with Crippen LogP contribution in [0.5, 0.6) is 0 Å². The second-order valence-corrected chi connectivity index (χ2v) is 4.24. The zero-order valence-electron chi connectivity index (χ0n) is 10.6. The summed E-state index contributed by atoms with van der Waals surface area (Å²) in [5.74, 6) is -1.34. The lowest BCUT2D eigenvalue weighted by Crippen LogP contribution is -2.07. The molecule has 0 amide bonds. The number of hydrogen-bond acceptors (Lipinski definition) is 3. The molecule has 0 saturated heterocycles. The first-order chi connectivity index (χ1) is 9.04. The number of rotatable bonds is 3. The van der Waals surface area contributed by atoms with E-state index < -0.39 is 11.6 Å². The number of benzene rings is 2. The molecule has 0 saturated carbocycles. The van der Waals surface area contributed by atoms with Gasteiger partial charge < -0.3 is 4.90 Å². The van der Waals surface area contributed by atoms with E-state index in [1.54, 1.807) is 12.1 Å². The Labute approximate surface area is 110 Å². The van der Waals surface area contributed by atoms with Crippen LogP contribution in [0.3, 0.4) is 0 Å². The van der Waals surface area contributed by atoms with Crippen molar-refractivity contribution in [2.75, 3.05) is 19.0 Å². The summed E-state index contributed by atoms with van der Waals surface area (Å²) < 4.78 is 25.9. The maximum Gasteiger partial charge on any atom is 0.128 e. The molecule has 0 aromatic heterocycles. The van der Waals surface area contributed by atoms with Crippen LogP contribution in [0.1, 0.15) is 0 Å². The first-order valence-electron chi connectivity index (χ1n) is 5.70. The molecule has 3 nitrogen and oxygen atoms in total. The molecule has 0 aliphatic rings. The minimum Gasteiger partial charge on any atom is -0.378 e. The molecule has 2 rings (SSSR count). The zero-order chi connectivity index (χ0) is 13.8. The number of halogens is 2. The highest BCUT2D eigenvalue weighted by atomic mass is 19.1. The van der Waals surface area contributed by atoms with Crippen LogP contribution in [0.25, 0.3) is 0 Å². The predicted molar refractivity (Wildman–Crippen MR) is 71.3 cm³/mol. The number of azo groups is 1. The van der Waals surface area contributed by atoms with Crippen molar-refractivity contribution in [2.24, 2.45) is 10.2 Å². The lowest BCUT2D eigenvalue weighted by molar-refractivity contribution is 0.583. The van der Waals surface area contributed by atoms with Gasteiger partial charge in [0.1, 0.15) is 11.6 Å². The minimum atomic E-state index is -0.670. The highest BCUT2D eigenvalue weighted by molar-refractivity contribution is 5.51. The van der Waals surface area contributed by atoms with Gasteiger partial charge in [-0.15, -0.1) is 0 Å². The minimum absolute atomic E-state index is 0.147. The van der Waals surface area contributed by atoms with E-state index in [-0.39, 0.29) is 5.69 Å². The third-order valence-corrected chi connectivity index (χ3v) is 2.49. The summed E-state index contributed by atoms with van der Waals surface area (Å²) in [6, 6.07) is 10.4. The molecule has 0 atom stereocenters. The summed E-state index contributed by atoms with van der Waals surface area (Å²) >= 11 is 0. The van der Waals surface area contributed by atoms with Crippen molar-refractivity contribution in [1.29, 1.82) is 0 Å². The quantitative estimate of drug-likeness (QED) is 0.750. The van der Waals surface area contributed by atoms with Crippen LogP contribution in [-0.2, 0) is 0 Å². The van der Waals surface area contributed by atoms with Gasteiger partial charge in [0.2, 0.25) is 0 Å². The third-order valence-electron chi connectivity index (χ3n) is 2.49. The Morgan fingerprint density at radius 1 is 0.789 bits per heavy atom. The normalized spacial score (nSPS) is 10.9. The van der Waals surface area contributed by atoms with Gasteiger partial charge in [0.05, 0.1) is 11.4 Å². The van der Waals surface area contributed by atoms with E-state index in [1.165, 1.54) is 0 Å². The Kier molecular flexibility index (Phi) is 3.85. The average Bonchev–Trinajstić information content (AvgIpc) is 2.36. The van der Waals surface area contributed by atoms with Gasteiger partial charge in [0, 0.05) is 38.0 Å². The van der Waals surface area contributed by atoms with Gasteiger partial charge in [0.25, 0.3) is 0 Å². The molecule has 2 aromatic carbocycles. The van der Waals surface area contributed by atoms with Crippen LogP contribution in [0.15, 0.2) is 52.7 Å². The molecule has 2 aromatic rings. The zero-order valence-corrected chi connectivity index (χ0v) is 10.6. The van der Waals surface area contributed by atoms with Gasteiger partial charge in [-0.25, -0.2) is 8.78 Å². The molecule has 0 aliphatic heterocycles. The van der Waals surface area contributed by atoms with Gasteiger partial charge in [-0.1, -0.05) is 0 Å². The van der Waals surface area contributed by atoms with Crippen LogP contribution in [0.2, 0.25) is 0 Å². The van der Waals surface area contributed by atoms with Gasteiger partial charge in [-0.3, -0.25) is 0 Å². The van der Waals surface area contributed by atoms with Crippen LogP contribution in [-0.4, -0.2) is 14.1 Å². The molecule has 0 bridgehead atoms. The molecule has 0 aliphatic carbocycles. The lowest BCUT2D eigenvalue weighted by Gasteiger charge is -2.11. The molecule has 19 heavy (non-hydrogen) atoms. The van der Waals surface area contributed by atoms with E-state index in [4.69, 9.17) is 0 Å². The fraction of sp³-hybridized carbons (Fsp3) is 0.143. The molecule has 98 valence electrons. The van der Waals surface area contributed by atoms with E-state index in [0.717, 1.165) is 23.9 Å². The molecule has 0 unspecified atom stereocenters. The number of anilines is 1. The predicted octanol–water partition coefficient (Wildman–Crippen LogP) is 4.45. The molecule has 0 spiro atoms. The van der Waals surface area contributed by atoms with E-state index >= 15 is 0 Å². The smallest absolute Gasteiger partial charge is 0.128 e. The van der Waals surface area contributed by atoms with E-state index in [2.05, 4.69) is 10.2 Å². The summed E-state index contributed by atoms with van der Waals surface area (Å²) in [6.45, 7) is 0. The van der Waals surface area contributed by atoms with Gasteiger partial charge >= 0.3 is 0 Å². The van der Waals surface area contributed by atoms with Gasteiger partial charge in [-0.2, -0.15) is 10.2 Å². The van der Waals surface area contributed by atoms with Crippen LogP contribution >= 0.6 is 0 Å². The number of hydrogen-bond donors (Lipinski definition) is 0. The largest absolute Gasteiger partial charge is 0.378 e. The second kappa shape index (κ2) is 5.56. The first-order valence-corrected chi connectivity index (χ1v) is 5.70. The number of nitrogens with zero attached hydrogens (tertiary/aromatic N) is 3. The SMILES string of the molecule is CN(C)c1ccc(N=Nc2cc(F)cc(F)c2)cc1. The Morgan fingerprint density at radius 2 is 1.32 bits per heavy atom. The Bertz CT molecular complexity index is 572. The van der Waals surface area contributed by atoms with Crippen LogP contribution < -0.4 is 4.90 Å². The maximum atomic E-state index is 12.9. The summed E-state index contributed by atoms with van der Waals surface area (Å²) in [5, 5.41) is 7.74. The van der Waals surface area contributed by atoms with Gasteiger partial charge in [0.15, 0.2) is 0 Å². The summed E-state index contributed by atoms with van der Waals surface area (Å²) in [7, 11) is 3.87. The molecule has 0 fully saturated rings. The summed E-state index contributed by atoms with van der Waals surface area (Å²) in [5.41, 5.74) is 1.81. The Morgan fingerprint density at radius 3 is 1.84 bits per heavy atom. The topological polar surface area (TPSA) is 28.0 Å². The van der Waals surface area contributed by atoms with Crippen molar-refractivity contribution >= 4 is 17.1 Å². The standard InChI is InChI=1S/C14H13F2N3/c1-19(2)14-5-3-12(4-6-14)17-18-13-8-10(15)7-11(16)9-13/h3-9H,1-2H3. The van der Waals surface area contributed by atoms with Crippen molar-refractivity contribution in [3.8, 4) is 0 Å². The molecule has 0 heterocycles. The van der Waals surface area contributed by atoms with Crippen LogP contribution in [0, 0.1) is 11.6 Å². The first kappa shape index (κ1) is 13.1. The monoisotopic (exact) mass is 261 g/mol. The second-order valence-electron chi connectivity index (χ2n) is 4.24. The van der Waals surface area contributed by atoms with Crippen molar-refractivity contribution < 1.29 is 8.78 Å². The fourth-order valence-corrected chi connectivity index (χ4v) is 1.53. The lowest BCUT2D eigenvalue weighted by atomic mass is 10.3. The van der Waals surface area contributed by atoms with E-state index in [0.29, 0.717) is 5.69 Å². The molecule has 0 N–H and O–H groups in total. The molecule has 5 heteroatoms. The van der Waals surface area contributed by atoms with Crippen molar-refractivity contribution in [2.45, 2.75) is 0 Å². The Balaban J connectivity index is 2.17. The van der Waals surface area contributed by atoms with Crippen molar-refractivity contribution in [3.63, 3.8) is 0 Å².